The van der Waals surface area contributed by atoms with Crippen molar-refractivity contribution in [2.75, 3.05) is 31.2 Å². The van der Waals surface area contributed by atoms with E-state index in [-0.39, 0.29) is 10.6 Å². The minimum Gasteiger partial charge on any atom is -0.497 e. The second-order valence-corrected chi connectivity index (χ2v) is 10.2. The lowest BCUT2D eigenvalue weighted by Gasteiger charge is -2.24. The van der Waals surface area contributed by atoms with Crippen molar-refractivity contribution in [3.63, 3.8) is 0 Å². The van der Waals surface area contributed by atoms with Gasteiger partial charge in [-0.2, -0.15) is 5.10 Å². The summed E-state index contributed by atoms with van der Waals surface area (Å²) in [5.74, 6) is 1.04. The summed E-state index contributed by atoms with van der Waals surface area (Å²) < 4.78 is 44.4. The number of sulfonamides is 1. The minimum atomic E-state index is -4.12. The van der Waals surface area contributed by atoms with Gasteiger partial charge >= 0.3 is 0 Å². The first-order valence-electron chi connectivity index (χ1n) is 11.9. The fourth-order valence-electron chi connectivity index (χ4n) is 3.37. The zero-order valence-corrected chi connectivity index (χ0v) is 23.0. The maximum Gasteiger partial charge on any atom is 0.264 e. The van der Waals surface area contributed by atoms with Gasteiger partial charge in [-0.1, -0.05) is 24.6 Å². The molecule has 3 aromatic carbocycles. The molecule has 38 heavy (non-hydrogen) atoms. The lowest BCUT2D eigenvalue weighted by Crippen LogP contribution is -2.39. The van der Waals surface area contributed by atoms with Crippen molar-refractivity contribution in [2.24, 2.45) is 5.10 Å². The number of rotatable bonds is 13. The van der Waals surface area contributed by atoms with Crippen LogP contribution in [0.5, 0.6) is 17.2 Å². The predicted octanol–water partition coefficient (Wildman–Crippen LogP) is 4.88. The number of methoxy groups -OCH3 is 1. The molecule has 1 N–H and O–H groups in total. The molecular weight excluding hydrogens is 530 g/mol. The number of hydrogen-bond donors (Lipinski definition) is 1. The summed E-state index contributed by atoms with van der Waals surface area (Å²) in [5, 5.41) is 4.32. The summed E-state index contributed by atoms with van der Waals surface area (Å²) >= 11 is 6.11. The monoisotopic (exact) mass is 559 g/mol. The van der Waals surface area contributed by atoms with Crippen LogP contribution < -0.4 is 23.9 Å². The molecular formula is C27H30ClN3O6S. The molecule has 3 rings (SSSR count). The van der Waals surface area contributed by atoms with Crippen LogP contribution in [0.25, 0.3) is 0 Å². The molecule has 0 aliphatic carbocycles. The van der Waals surface area contributed by atoms with Gasteiger partial charge in [0.05, 0.1) is 37.1 Å². The van der Waals surface area contributed by atoms with Crippen LogP contribution in [0.4, 0.5) is 5.69 Å². The third-order valence-electron chi connectivity index (χ3n) is 5.16. The Morgan fingerprint density at radius 2 is 1.79 bits per heavy atom. The number of amides is 1. The van der Waals surface area contributed by atoms with E-state index in [2.05, 4.69) is 10.5 Å². The smallest absolute Gasteiger partial charge is 0.264 e. The van der Waals surface area contributed by atoms with Gasteiger partial charge in [-0.3, -0.25) is 9.10 Å². The number of hydrogen-bond acceptors (Lipinski definition) is 7. The summed E-state index contributed by atoms with van der Waals surface area (Å²) in [4.78, 5) is 12.8. The van der Waals surface area contributed by atoms with Crippen LogP contribution in [0.2, 0.25) is 5.02 Å². The highest BCUT2D eigenvalue weighted by atomic mass is 35.5. The van der Waals surface area contributed by atoms with Crippen molar-refractivity contribution in [3.05, 3.63) is 77.3 Å². The lowest BCUT2D eigenvalue weighted by molar-refractivity contribution is -0.119. The quantitative estimate of drug-likeness (QED) is 0.236. The van der Waals surface area contributed by atoms with Crippen LogP contribution in [-0.2, 0) is 14.8 Å². The van der Waals surface area contributed by atoms with Gasteiger partial charge in [0.2, 0.25) is 0 Å². The SMILES string of the molecule is CCCOc1ccc(/C=N\NC(=O)CN(c2cccc(Cl)c2)S(=O)(=O)c2ccc(OC)cc2)cc1OCC. The molecule has 0 spiro atoms. The summed E-state index contributed by atoms with van der Waals surface area (Å²) in [6, 6.07) is 17.4. The first kappa shape index (κ1) is 28.8. The second-order valence-electron chi connectivity index (χ2n) is 7.95. The molecule has 0 saturated carbocycles. The van der Waals surface area contributed by atoms with Gasteiger partial charge in [-0.15, -0.1) is 0 Å². The maximum absolute atomic E-state index is 13.5. The van der Waals surface area contributed by atoms with Gasteiger partial charge in [0.25, 0.3) is 15.9 Å². The van der Waals surface area contributed by atoms with E-state index >= 15 is 0 Å². The Morgan fingerprint density at radius 3 is 2.45 bits per heavy atom. The van der Waals surface area contributed by atoms with Crippen molar-refractivity contribution in [1.82, 2.24) is 5.43 Å². The van der Waals surface area contributed by atoms with E-state index in [1.54, 1.807) is 36.4 Å². The normalized spacial score (nSPS) is 11.3. The van der Waals surface area contributed by atoms with E-state index in [1.165, 1.54) is 43.7 Å². The van der Waals surface area contributed by atoms with Crippen LogP contribution in [0.3, 0.4) is 0 Å². The van der Waals surface area contributed by atoms with E-state index in [0.717, 1.165) is 10.7 Å². The van der Waals surface area contributed by atoms with Crippen molar-refractivity contribution >= 4 is 39.4 Å². The predicted molar refractivity (Wildman–Crippen MR) is 148 cm³/mol. The highest BCUT2D eigenvalue weighted by Crippen LogP contribution is 2.29. The third-order valence-corrected chi connectivity index (χ3v) is 7.19. The lowest BCUT2D eigenvalue weighted by atomic mass is 10.2. The summed E-state index contributed by atoms with van der Waals surface area (Å²) in [7, 11) is -2.63. The van der Waals surface area contributed by atoms with E-state index < -0.39 is 22.5 Å². The van der Waals surface area contributed by atoms with Gasteiger partial charge in [0.1, 0.15) is 12.3 Å². The highest BCUT2D eigenvalue weighted by Gasteiger charge is 2.27. The number of halogens is 1. The number of carbonyl (C=O) groups excluding carboxylic acids is 1. The Balaban J connectivity index is 1.79. The number of anilines is 1. The minimum absolute atomic E-state index is 0.0107. The molecule has 11 heteroatoms. The zero-order chi connectivity index (χ0) is 27.5. The van der Waals surface area contributed by atoms with E-state index in [1.807, 2.05) is 13.8 Å². The topological polar surface area (TPSA) is 107 Å². The van der Waals surface area contributed by atoms with Crippen molar-refractivity contribution in [2.45, 2.75) is 25.2 Å². The van der Waals surface area contributed by atoms with Gasteiger partial charge in [-0.05, 0) is 79.6 Å². The molecule has 0 bridgehead atoms. The molecule has 1 amide bonds. The molecule has 202 valence electrons. The summed E-state index contributed by atoms with van der Waals surface area (Å²) in [6.45, 7) is 4.38. The van der Waals surface area contributed by atoms with Crippen LogP contribution in [0.1, 0.15) is 25.8 Å². The molecule has 0 aliphatic heterocycles. The molecule has 9 nitrogen and oxygen atoms in total. The number of ether oxygens (including phenoxy) is 3. The Bertz CT molecular complexity index is 1360. The largest absolute Gasteiger partial charge is 0.497 e. The second kappa shape index (κ2) is 13.7. The van der Waals surface area contributed by atoms with Crippen LogP contribution in [-0.4, -0.2) is 47.4 Å². The van der Waals surface area contributed by atoms with Gasteiger partial charge in [0.15, 0.2) is 11.5 Å². The Kier molecular flexibility index (Phi) is 10.4. The fraction of sp³-hybridized carbons (Fsp3) is 0.259. The molecule has 0 unspecified atom stereocenters. The Morgan fingerprint density at radius 1 is 1.03 bits per heavy atom. The van der Waals surface area contributed by atoms with Crippen molar-refractivity contribution in [1.29, 1.82) is 0 Å². The number of nitrogens with one attached hydrogen (secondary N) is 1. The molecule has 0 atom stereocenters. The molecule has 0 aromatic heterocycles. The van der Waals surface area contributed by atoms with Gasteiger partial charge < -0.3 is 14.2 Å². The van der Waals surface area contributed by atoms with Gasteiger partial charge in [0, 0.05) is 5.02 Å². The number of carbonyl (C=O) groups is 1. The van der Waals surface area contributed by atoms with Crippen LogP contribution >= 0.6 is 11.6 Å². The number of nitrogens with zero attached hydrogens (tertiary/aromatic N) is 2. The van der Waals surface area contributed by atoms with Crippen LogP contribution in [0, 0.1) is 0 Å². The Hall–Kier alpha value is -3.76. The van der Waals surface area contributed by atoms with Crippen molar-refractivity contribution < 1.29 is 27.4 Å². The summed E-state index contributed by atoms with van der Waals surface area (Å²) in [6.07, 6.45) is 2.30. The number of benzene rings is 3. The van der Waals surface area contributed by atoms with Crippen molar-refractivity contribution in [3.8, 4) is 17.2 Å². The zero-order valence-electron chi connectivity index (χ0n) is 21.4. The molecule has 0 radical (unpaired) electrons. The molecule has 0 heterocycles. The molecule has 0 fully saturated rings. The first-order valence-corrected chi connectivity index (χ1v) is 13.7. The average Bonchev–Trinajstić information content (AvgIpc) is 2.91. The van der Waals surface area contributed by atoms with Gasteiger partial charge in [-0.25, -0.2) is 13.8 Å². The molecule has 0 aliphatic rings. The van der Waals surface area contributed by atoms with E-state index in [9.17, 15) is 13.2 Å². The maximum atomic E-state index is 13.5. The van der Waals surface area contributed by atoms with E-state index in [4.69, 9.17) is 25.8 Å². The average molecular weight is 560 g/mol. The molecule has 0 saturated heterocycles. The fourth-order valence-corrected chi connectivity index (χ4v) is 4.97. The Labute approximate surface area is 228 Å². The first-order chi connectivity index (χ1) is 18.3. The highest BCUT2D eigenvalue weighted by molar-refractivity contribution is 7.92. The third kappa shape index (κ3) is 7.62. The molecule has 3 aromatic rings. The van der Waals surface area contributed by atoms with E-state index in [0.29, 0.717) is 41.0 Å². The number of hydrazone groups is 1. The van der Waals surface area contributed by atoms with Crippen LogP contribution in [0.15, 0.2) is 76.7 Å². The summed E-state index contributed by atoms with van der Waals surface area (Å²) in [5.41, 5.74) is 3.28. The standard InChI is InChI=1S/C27H30ClN3O6S/c1-4-15-37-25-14-9-20(16-26(25)36-5-2)18-29-30-27(32)19-31(22-8-6-7-21(28)17-22)38(33,34)24-12-10-23(35-3)11-13-24/h6-14,16-18H,4-5,15,19H2,1-3H3,(H,30,32)/b29-18-.